The number of aromatic hydroxyl groups is 1. The van der Waals surface area contributed by atoms with E-state index < -0.39 is 5.91 Å². The quantitative estimate of drug-likeness (QED) is 0.206. The standard InChI is InChI=1S/C26H20N2O4/c1-17(29)32-23-12-10-20(11-13-23)19-8-6-18(7-9-19)16-27-28-26(31)24-14-21-4-2-3-5-22(21)15-25(24)30/h2-16,30H,1H3,(H,28,31)/b27-16+. The number of hydrogen-bond acceptors (Lipinski definition) is 5. The Labute approximate surface area is 184 Å². The number of carbonyl (C=O) groups excluding carboxylic acids is 2. The molecule has 0 fully saturated rings. The molecule has 0 heterocycles. The molecule has 0 aliphatic carbocycles. The van der Waals surface area contributed by atoms with Crippen molar-refractivity contribution in [1.29, 1.82) is 0 Å². The van der Waals surface area contributed by atoms with Gasteiger partial charge in [0.2, 0.25) is 0 Å². The third-order valence-electron chi connectivity index (χ3n) is 4.85. The van der Waals surface area contributed by atoms with E-state index in [2.05, 4.69) is 10.5 Å². The van der Waals surface area contributed by atoms with Crippen LogP contribution in [0.15, 0.2) is 90.0 Å². The van der Waals surface area contributed by atoms with Crippen LogP contribution in [0.4, 0.5) is 0 Å². The second-order valence-corrected chi connectivity index (χ2v) is 7.16. The Morgan fingerprint density at radius 2 is 1.47 bits per heavy atom. The predicted octanol–water partition coefficient (Wildman–Crippen LogP) is 4.90. The summed E-state index contributed by atoms with van der Waals surface area (Å²) in [5.41, 5.74) is 5.37. The van der Waals surface area contributed by atoms with Crippen molar-refractivity contribution >= 4 is 28.9 Å². The number of phenols is 1. The van der Waals surface area contributed by atoms with Crippen LogP contribution in [0.25, 0.3) is 21.9 Å². The Bertz CT molecular complexity index is 1310. The molecule has 6 heteroatoms. The minimum atomic E-state index is -0.492. The van der Waals surface area contributed by atoms with Gasteiger partial charge in [0, 0.05) is 6.92 Å². The normalized spacial score (nSPS) is 10.9. The van der Waals surface area contributed by atoms with Gasteiger partial charge in [-0.25, -0.2) is 5.43 Å². The van der Waals surface area contributed by atoms with Gasteiger partial charge in [0.1, 0.15) is 11.5 Å². The van der Waals surface area contributed by atoms with Crippen LogP contribution in [0, 0.1) is 0 Å². The number of amides is 1. The van der Waals surface area contributed by atoms with Crippen LogP contribution in [0.1, 0.15) is 22.8 Å². The second kappa shape index (κ2) is 9.14. The molecular formula is C26H20N2O4. The van der Waals surface area contributed by atoms with Crippen LogP contribution in [-0.4, -0.2) is 23.2 Å². The van der Waals surface area contributed by atoms with E-state index in [1.165, 1.54) is 13.1 Å². The molecular weight excluding hydrogens is 404 g/mol. The van der Waals surface area contributed by atoms with Crippen molar-refractivity contribution in [2.24, 2.45) is 5.10 Å². The first-order valence-corrected chi connectivity index (χ1v) is 9.94. The van der Waals surface area contributed by atoms with Gasteiger partial charge in [-0.3, -0.25) is 9.59 Å². The van der Waals surface area contributed by atoms with E-state index >= 15 is 0 Å². The highest BCUT2D eigenvalue weighted by Gasteiger charge is 2.11. The van der Waals surface area contributed by atoms with E-state index in [1.807, 2.05) is 60.7 Å². The summed E-state index contributed by atoms with van der Waals surface area (Å²) in [5.74, 6) is -0.447. The summed E-state index contributed by atoms with van der Waals surface area (Å²) in [6.45, 7) is 1.36. The second-order valence-electron chi connectivity index (χ2n) is 7.16. The lowest BCUT2D eigenvalue weighted by Crippen LogP contribution is -2.17. The SMILES string of the molecule is CC(=O)Oc1ccc(-c2ccc(/C=N/NC(=O)c3cc4ccccc4cc3O)cc2)cc1. The topological polar surface area (TPSA) is 88.0 Å². The Kier molecular flexibility index (Phi) is 5.94. The average Bonchev–Trinajstić information content (AvgIpc) is 2.79. The largest absolute Gasteiger partial charge is 0.507 e. The summed E-state index contributed by atoms with van der Waals surface area (Å²) in [6, 6.07) is 25.5. The number of benzene rings is 4. The van der Waals surface area contributed by atoms with Crippen molar-refractivity contribution in [2.75, 3.05) is 0 Å². The lowest BCUT2D eigenvalue weighted by Gasteiger charge is -2.06. The molecule has 0 bridgehead atoms. The molecule has 4 aromatic carbocycles. The molecule has 0 radical (unpaired) electrons. The summed E-state index contributed by atoms with van der Waals surface area (Å²) in [4.78, 5) is 23.4. The molecule has 1 amide bonds. The molecule has 0 spiro atoms. The number of phenolic OH excluding ortho intramolecular Hbond substituents is 1. The highest BCUT2D eigenvalue weighted by Crippen LogP contribution is 2.25. The van der Waals surface area contributed by atoms with Crippen LogP contribution in [-0.2, 0) is 4.79 Å². The fraction of sp³-hybridized carbons (Fsp3) is 0.0385. The van der Waals surface area contributed by atoms with E-state index in [0.29, 0.717) is 5.75 Å². The van der Waals surface area contributed by atoms with Crippen LogP contribution in [0.5, 0.6) is 11.5 Å². The van der Waals surface area contributed by atoms with Gasteiger partial charge in [-0.1, -0.05) is 60.7 Å². The van der Waals surface area contributed by atoms with Gasteiger partial charge in [-0.15, -0.1) is 0 Å². The summed E-state index contributed by atoms with van der Waals surface area (Å²) in [7, 11) is 0. The van der Waals surface area contributed by atoms with Gasteiger partial charge in [0.05, 0.1) is 11.8 Å². The average molecular weight is 424 g/mol. The van der Waals surface area contributed by atoms with Gasteiger partial charge in [0.25, 0.3) is 5.91 Å². The number of hydrazone groups is 1. The Morgan fingerprint density at radius 1 is 0.875 bits per heavy atom. The number of carbonyl (C=O) groups is 2. The van der Waals surface area contributed by atoms with Crippen molar-refractivity contribution in [3.63, 3.8) is 0 Å². The van der Waals surface area contributed by atoms with E-state index in [1.54, 1.807) is 24.3 Å². The van der Waals surface area contributed by atoms with Crippen LogP contribution >= 0.6 is 0 Å². The Morgan fingerprint density at radius 3 is 2.09 bits per heavy atom. The summed E-state index contributed by atoms with van der Waals surface area (Å²) < 4.78 is 5.04. The minimum absolute atomic E-state index is 0.0968. The zero-order chi connectivity index (χ0) is 22.5. The van der Waals surface area contributed by atoms with Crippen molar-refractivity contribution in [2.45, 2.75) is 6.92 Å². The number of hydrogen-bond donors (Lipinski definition) is 2. The summed E-state index contributed by atoms with van der Waals surface area (Å²) in [6.07, 6.45) is 1.53. The van der Waals surface area contributed by atoms with Gasteiger partial charge in [-0.2, -0.15) is 5.10 Å². The zero-order valence-corrected chi connectivity index (χ0v) is 17.3. The maximum absolute atomic E-state index is 12.4. The fourth-order valence-electron chi connectivity index (χ4n) is 3.28. The highest BCUT2D eigenvalue weighted by molar-refractivity contribution is 6.01. The van der Waals surface area contributed by atoms with Gasteiger partial charge < -0.3 is 9.84 Å². The van der Waals surface area contributed by atoms with E-state index in [-0.39, 0.29) is 17.3 Å². The summed E-state index contributed by atoms with van der Waals surface area (Å²) >= 11 is 0. The molecule has 158 valence electrons. The first-order chi connectivity index (χ1) is 15.5. The van der Waals surface area contributed by atoms with Crippen LogP contribution < -0.4 is 10.2 Å². The molecule has 0 saturated heterocycles. The maximum Gasteiger partial charge on any atom is 0.308 e. The smallest absolute Gasteiger partial charge is 0.308 e. The molecule has 0 aromatic heterocycles. The number of nitrogens with zero attached hydrogens (tertiary/aromatic N) is 1. The Balaban J connectivity index is 1.41. The van der Waals surface area contributed by atoms with Crippen molar-refractivity contribution in [3.8, 4) is 22.6 Å². The Hall–Kier alpha value is -4.45. The van der Waals surface area contributed by atoms with Gasteiger partial charge in [-0.05, 0) is 51.7 Å². The van der Waals surface area contributed by atoms with E-state index in [4.69, 9.17) is 4.74 Å². The van der Waals surface area contributed by atoms with Crippen molar-refractivity contribution in [3.05, 3.63) is 96.1 Å². The number of rotatable bonds is 5. The predicted molar refractivity (Wildman–Crippen MR) is 124 cm³/mol. The fourth-order valence-corrected chi connectivity index (χ4v) is 3.28. The number of esters is 1. The number of nitrogens with one attached hydrogen (secondary N) is 1. The molecule has 32 heavy (non-hydrogen) atoms. The molecule has 0 aliphatic rings. The van der Waals surface area contributed by atoms with E-state index in [9.17, 15) is 14.7 Å². The van der Waals surface area contributed by atoms with E-state index in [0.717, 1.165) is 27.5 Å². The monoisotopic (exact) mass is 424 g/mol. The third kappa shape index (κ3) is 4.82. The number of ether oxygens (including phenoxy) is 1. The molecule has 6 nitrogen and oxygen atoms in total. The molecule has 0 atom stereocenters. The first-order valence-electron chi connectivity index (χ1n) is 9.94. The van der Waals surface area contributed by atoms with Gasteiger partial charge >= 0.3 is 5.97 Å². The maximum atomic E-state index is 12.4. The molecule has 0 aliphatic heterocycles. The molecule has 4 aromatic rings. The lowest BCUT2D eigenvalue weighted by atomic mass is 10.0. The van der Waals surface area contributed by atoms with Crippen molar-refractivity contribution in [1.82, 2.24) is 5.43 Å². The summed E-state index contributed by atoms with van der Waals surface area (Å²) in [5, 5.41) is 15.9. The van der Waals surface area contributed by atoms with Gasteiger partial charge in [0.15, 0.2) is 0 Å². The highest BCUT2D eigenvalue weighted by atomic mass is 16.5. The zero-order valence-electron chi connectivity index (χ0n) is 17.3. The van der Waals surface area contributed by atoms with Crippen molar-refractivity contribution < 1.29 is 19.4 Å². The minimum Gasteiger partial charge on any atom is -0.507 e. The number of fused-ring (bicyclic) bond motifs is 1. The first kappa shape index (κ1) is 20.8. The molecule has 0 saturated carbocycles. The third-order valence-corrected chi connectivity index (χ3v) is 4.85. The molecule has 4 rings (SSSR count). The lowest BCUT2D eigenvalue weighted by molar-refractivity contribution is -0.131. The molecule has 0 unspecified atom stereocenters. The van der Waals surface area contributed by atoms with Crippen LogP contribution in [0.3, 0.4) is 0 Å². The molecule has 2 N–H and O–H groups in total. The van der Waals surface area contributed by atoms with Crippen LogP contribution in [0.2, 0.25) is 0 Å².